The molecule has 1 fully saturated rings. The summed E-state index contributed by atoms with van der Waals surface area (Å²) in [5.41, 5.74) is 1.14. The van der Waals surface area contributed by atoms with Gasteiger partial charge in [0.1, 0.15) is 0 Å². The minimum absolute atomic E-state index is 0.107. The van der Waals surface area contributed by atoms with Crippen LogP contribution in [0.1, 0.15) is 50.0 Å². The van der Waals surface area contributed by atoms with E-state index in [1.54, 1.807) is 0 Å². The molecular weight excluding hydrogens is 292 g/mol. The van der Waals surface area contributed by atoms with E-state index in [9.17, 15) is 14.7 Å². The van der Waals surface area contributed by atoms with E-state index in [2.05, 4.69) is 10.6 Å². The predicted molar refractivity (Wildman–Crippen MR) is 88.9 cm³/mol. The van der Waals surface area contributed by atoms with Crippen molar-refractivity contribution in [2.45, 2.75) is 50.5 Å². The summed E-state index contributed by atoms with van der Waals surface area (Å²) in [6.45, 7) is 0.534. The Bertz CT molecular complexity index is 498. The molecule has 1 aliphatic rings. The van der Waals surface area contributed by atoms with Crippen molar-refractivity contribution in [2.24, 2.45) is 0 Å². The fourth-order valence-electron chi connectivity index (χ4n) is 3.12. The van der Waals surface area contributed by atoms with Crippen LogP contribution in [0.15, 0.2) is 30.3 Å². The summed E-state index contributed by atoms with van der Waals surface area (Å²) < 4.78 is 0. The van der Waals surface area contributed by atoms with Crippen molar-refractivity contribution in [3.05, 3.63) is 35.9 Å². The average Bonchev–Trinajstić information content (AvgIpc) is 3.07. The second-order valence-electron chi connectivity index (χ2n) is 6.12. The number of carbonyl (C=O) groups is 2. The first-order valence-electron chi connectivity index (χ1n) is 8.45. The Morgan fingerprint density at radius 2 is 1.78 bits per heavy atom. The molecule has 0 bridgehead atoms. The lowest BCUT2D eigenvalue weighted by Crippen LogP contribution is -2.44. The molecule has 0 spiro atoms. The van der Waals surface area contributed by atoms with Crippen LogP contribution in [-0.4, -0.2) is 36.1 Å². The summed E-state index contributed by atoms with van der Waals surface area (Å²) in [6, 6.07) is 10.1. The highest BCUT2D eigenvalue weighted by Crippen LogP contribution is 2.22. The third-order valence-corrected chi connectivity index (χ3v) is 4.42. The van der Waals surface area contributed by atoms with Gasteiger partial charge in [0.2, 0.25) is 0 Å². The number of amides is 2. The van der Waals surface area contributed by atoms with Gasteiger partial charge in [0.15, 0.2) is 0 Å². The highest BCUT2D eigenvalue weighted by molar-refractivity contribution is 6.35. The topological polar surface area (TPSA) is 78.4 Å². The largest absolute Gasteiger partial charge is 0.396 e. The molecule has 5 nitrogen and oxygen atoms in total. The monoisotopic (exact) mass is 318 g/mol. The van der Waals surface area contributed by atoms with Crippen LogP contribution in [0.2, 0.25) is 0 Å². The second-order valence-corrected chi connectivity index (χ2v) is 6.12. The third kappa shape index (κ3) is 5.67. The van der Waals surface area contributed by atoms with Gasteiger partial charge in [-0.25, -0.2) is 0 Å². The van der Waals surface area contributed by atoms with Gasteiger partial charge in [0.25, 0.3) is 0 Å². The van der Waals surface area contributed by atoms with Crippen molar-refractivity contribution < 1.29 is 14.7 Å². The Hall–Kier alpha value is -1.88. The van der Waals surface area contributed by atoms with E-state index in [0.717, 1.165) is 31.2 Å². The van der Waals surface area contributed by atoms with Gasteiger partial charge < -0.3 is 15.7 Å². The van der Waals surface area contributed by atoms with Crippen LogP contribution in [0.25, 0.3) is 0 Å². The molecule has 0 aliphatic heterocycles. The Labute approximate surface area is 137 Å². The van der Waals surface area contributed by atoms with Crippen LogP contribution in [0.5, 0.6) is 0 Å². The van der Waals surface area contributed by atoms with Crippen molar-refractivity contribution in [3.63, 3.8) is 0 Å². The molecule has 1 aromatic carbocycles. The normalized spacial score (nSPS) is 16.0. The molecule has 0 heterocycles. The highest BCUT2D eigenvalue weighted by Gasteiger charge is 2.21. The van der Waals surface area contributed by atoms with Crippen LogP contribution in [-0.2, 0) is 9.59 Å². The SMILES string of the molecule is O=C(NCCC(CCO)c1ccccc1)C(=O)NC1CCCC1. The summed E-state index contributed by atoms with van der Waals surface area (Å²) in [4.78, 5) is 23.6. The van der Waals surface area contributed by atoms with Gasteiger partial charge in [-0.1, -0.05) is 43.2 Å². The molecule has 1 saturated carbocycles. The van der Waals surface area contributed by atoms with Crippen molar-refractivity contribution in [3.8, 4) is 0 Å². The molecule has 2 rings (SSSR count). The zero-order valence-electron chi connectivity index (χ0n) is 13.5. The minimum Gasteiger partial charge on any atom is -0.396 e. The van der Waals surface area contributed by atoms with Gasteiger partial charge in [0, 0.05) is 19.2 Å². The van der Waals surface area contributed by atoms with Crippen molar-refractivity contribution >= 4 is 11.8 Å². The summed E-state index contributed by atoms with van der Waals surface area (Å²) in [5.74, 6) is -0.914. The van der Waals surface area contributed by atoms with Gasteiger partial charge in [0.05, 0.1) is 0 Å². The van der Waals surface area contributed by atoms with Gasteiger partial charge in [-0.15, -0.1) is 0 Å². The van der Waals surface area contributed by atoms with Crippen LogP contribution in [0.3, 0.4) is 0 Å². The molecule has 1 aliphatic carbocycles. The van der Waals surface area contributed by atoms with Crippen LogP contribution in [0.4, 0.5) is 0 Å². The Kier molecular flexibility index (Phi) is 7.07. The zero-order valence-corrected chi connectivity index (χ0v) is 13.5. The van der Waals surface area contributed by atoms with E-state index in [1.165, 1.54) is 0 Å². The van der Waals surface area contributed by atoms with E-state index in [1.807, 2.05) is 30.3 Å². The highest BCUT2D eigenvalue weighted by atomic mass is 16.3. The molecule has 126 valence electrons. The lowest BCUT2D eigenvalue weighted by molar-refractivity contribution is -0.139. The Morgan fingerprint density at radius 1 is 1.09 bits per heavy atom. The number of aliphatic hydroxyl groups excluding tert-OH is 1. The number of benzene rings is 1. The fourth-order valence-corrected chi connectivity index (χ4v) is 3.12. The molecule has 23 heavy (non-hydrogen) atoms. The lowest BCUT2D eigenvalue weighted by Gasteiger charge is -2.17. The maximum Gasteiger partial charge on any atom is 0.309 e. The van der Waals surface area contributed by atoms with E-state index in [-0.39, 0.29) is 18.6 Å². The van der Waals surface area contributed by atoms with E-state index < -0.39 is 11.8 Å². The number of nitrogens with one attached hydrogen (secondary N) is 2. The smallest absolute Gasteiger partial charge is 0.309 e. The first kappa shape index (κ1) is 17.5. The number of hydrogen-bond acceptors (Lipinski definition) is 3. The van der Waals surface area contributed by atoms with Crippen LogP contribution in [0, 0.1) is 0 Å². The first-order chi connectivity index (χ1) is 11.2. The number of rotatable bonds is 7. The van der Waals surface area contributed by atoms with E-state index in [4.69, 9.17) is 0 Å². The maximum absolute atomic E-state index is 11.8. The summed E-state index contributed by atoms with van der Waals surface area (Å²) in [6.07, 6.45) is 5.51. The second kappa shape index (κ2) is 9.30. The molecule has 3 N–H and O–H groups in total. The van der Waals surface area contributed by atoms with Crippen molar-refractivity contribution in [2.75, 3.05) is 13.2 Å². The molecule has 5 heteroatoms. The summed E-state index contributed by atoms with van der Waals surface area (Å²) in [7, 11) is 0. The zero-order chi connectivity index (χ0) is 16.5. The standard InChI is InChI=1S/C18H26N2O3/c21-13-11-15(14-6-2-1-3-7-14)10-12-19-17(22)18(23)20-16-8-4-5-9-16/h1-3,6-7,15-16,21H,4-5,8-13H2,(H,19,22)(H,20,23). The fraction of sp³-hybridized carbons (Fsp3) is 0.556. The maximum atomic E-state index is 11.8. The quantitative estimate of drug-likeness (QED) is 0.670. The number of carbonyl (C=O) groups excluding carboxylic acids is 2. The predicted octanol–water partition coefficient (Wildman–Crippen LogP) is 1.72. The molecule has 1 aromatic rings. The molecule has 0 saturated heterocycles. The summed E-state index contributed by atoms with van der Waals surface area (Å²) >= 11 is 0. The Balaban J connectivity index is 1.75. The molecule has 0 aromatic heterocycles. The number of hydrogen-bond donors (Lipinski definition) is 3. The molecule has 2 amide bonds. The van der Waals surface area contributed by atoms with Crippen LogP contribution >= 0.6 is 0 Å². The van der Waals surface area contributed by atoms with Crippen LogP contribution < -0.4 is 10.6 Å². The molecule has 0 radical (unpaired) electrons. The molecule has 1 atom stereocenters. The third-order valence-electron chi connectivity index (χ3n) is 4.42. The molecule has 1 unspecified atom stereocenters. The Morgan fingerprint density at radius 3 is 2.43 bits per heavy atom. The summed E-state index contributed by atoms with van der Waals surface area (Å²) in [5, 5.41) is 14.7. The van der Waals surface area contributed by atoms with E-state index in [0.29, 0.717) is 19.4 Å². The van der Waals surface area contributed by atoms with Crippen molar-refractivity contribution in [1.29, 1.82) is 0 Å². The first-order valence-corrected chi connectivity index (χ1v) is 8.45. The number of aliphatic hydroxyl groups is 1. The van der Waals surface area contributed by atoms with Gasteiger partial charge >= 0.3 is 11.8 Å². The lowest BCUT2D eigenvalue weighted by atomic mass is 9.93. The minimum atomic E-state index is -0.562. The average molecular weight is 318 g/mol. The van der Waals surface area contributed by atoms with Gasteiger partial charge in [-0.05, 0) is 37.2 Å². The van der Waals surface area contributed by atoms with Gasteiger partial charge in [-0.2, -0.15) is 0 Å². The van der Waals surface area contributed by atoms with Gasteiger partial charge in [-0.3, -0.25) is 9.59 Å². The van der Waals surface area contributed by atoms with E-state index >= 15 is 0 Å². The van der Waals surface area contributed by atoms with Crippen molar-refractivity contribution in [1.82, 2.24) is 10.6 Å². The molecular formula is C18H26N2O3.